The number of amides is 1. The molecule has 0 bridgehead atoms. The van der Waals surface area contributed by atoms with Crippen LogP contribution in [0, 0.1) is 5.92 Å². The van der Waals surface area contributed by atoms with Crippen molar-refractivity contribution in [2.45, 2.75) is 19.3 Å². The van der Waals surface area contributed by atoms with E-state index in [4.69, 9.17) is 4.74 Å². The zero-order chi connectivity index (χ0) is 18.5. The summed E-state index contributed by atoms with van der Waals surface area (Å²) in [6.45, 7) is 0.936. The summed E-state index contributed by atoms with van der Waals surface area (Å²) in [7, 11) is 0. The van der Waals surface area contributed by atoms with Gasteiger partial charge in [0.2, 0.25) is 5.91 Å². The highest BCUT2D eigenvalue weighted by atomic mass is 16.5. The van der Waals surface area contributed by atoms with Crippen molar-refractivity contribution in [3.63, 3.8) is 0 Å². The number of aromatic amines is 1. The standard InChI is InChI=1S/C22H23N3O2/c26-22(17-10-11-18-15-24-25-20(18)14-17)23-12-13-27-21-9-5-4-8-19(21)16-6-2-1-3-7-16/h1-9,15,17H,10-14H2,(H,23,26)(H,24,25). The molecule has 0 spiro atoms. The van der Waals surface area contributed by atoms with Gasteiger partial charge in [-0.15, -0.1) is 0 Å². The van der Waals surface area contributed by atoms with E-state index in [1.807, 2.05) is 48.7 Å². The monoisotopic (exact) mass is 361 g/mol. The number of fused-ring (bicyclic) bond motifs is 1. The first-order chi connectivity index (χ1) is 13.3. The van der Waals surface area contributed by atoms with Crippen LogP contribution in [0.2, 0.25) is 0 Å². The number of H-pyrrole nitrogens is 1. The minimum atomic E-state index is 0.00885. The molecule has 3 aromatic rings. The summed E-state index contributed by atoms with van der Waals surface area (Å²) in [5.41, 5.74) is 4.51. The summed E-state index contributed by atoms with van der Waals surface area (Å²) >= 11 is 0. The number of hydrogen-bond acceptors (Lipinski definition) is 3. The molecule has 1 aliphatic carbocycles. The number of rotatable bonds is 6. The summed E-state index contributed by atoms with van der Waals surface area (Å²) in [4.78, 5) is 12.4. The number of para-hydroxylation sites is 1. The number of ether oxygens (including phenoxy) is 1. The van der Waals surface area contributed by atoms with Crippen molar-refractivity contribution in [1.82, 2.24) is 15.5 Å². The lowest BCUT2D eigenvalue weighted by Gasteiger charge is -2.21. The second-order valence-electron chi connectivity index (χ2n) is 6.82. The van der Waals surface area contributed by atoms with Crippen molar-refractivity contribution >= 4 is 5.91 Å². The molecule has 1 heterocycles. The van der Waals surface area contributed by atoms with Gasteiger partial charge in [0, 0.05) is 23.6 Å². The van der Waals surface area contributed by atoms with Gasteiger partial charge in [0.15, 0.2) is 0 Å². The van der Waals surface area contributed by atoms with Crippen LogP contribution in [0.5, 0.6) is 5.75 Å². The number of carbonyl (C=O) groups is 1. The molecule has 0 saturated heterocycles. The number of nitrogens with zero attached hydrogens (tertiary/aromatic N) is 1. The first-order valence-electron chi connectivity index (χ1n) is 9.37. The van der Waals surface area contributed by atoms with Crippen LogP contribution in [0.4, 0.5) is 0 Å². The summed E-state index contributed by atoms with van der Waals surface area (Å²) in [6, 6.07) is 18.1. The first kappa shape index (κ1) is 17.3. The fourth-order valence-electron chi connectivity index (χ4n) is 3.56. The van der Waals surface area contributed by atoms with Gasteiger partial charge in [0.1, 0.15) is 12.4 Å². The average Bonchev–Trinajstić information content (AvgIpc) is 3.20. The Bertz CT molecular complexity index is 905. The number of aryl methyl sites for hydroxylation is 1. The lowest BCUT2D eigenvalue weighted by Crippen LogP contribution is -2.36. The van der Waals surface area contributed by atoms with E-state index < -0.39 is 0 Å². The summed E-state index contributed by atoms with van der Waals surface area (Å²) < 4.78 is 5.94. The average molecular weight is 361 g/mol. The third kappa shape index (κ3) is 4.03. The van der Waals surface area contributed by atoms with Gasteiger partial charge in [-0.05, 0) is 30.0 Å². The number of carbonyl (C=O) groups excluding carboxylic acids is 1. The second-order valence-corrected chi connectivity index (χ2v) is 6.82. The van der Waals surface area contributed by atoms with Crippen molar-refractivity contribution < 1.29 is 9.53 Å². The molecule has 1 atom stereocenters. The maximum atomic E-state index is 12.4. The van der Waals surface area contributed by atoms with Crippen LogP contribution in [0.25, 0.3) is 11.1 Å². The first-order valence-corrected chi connectivity index (χ1v) is 9.37. The van der Waals surface area contributed by atoms with Gasteiger partial charge in [0.05, 0.1) is 12.7 Å². The highest BCUT2D eigenvalue weighted by Crippen LogP contribution is 2.29. The van der Waals surface area contributed by atoms with E-state index in [0.29, 0.717) is 13.2 Å². The lowest BCUT2D eigenvalue weighted by molar-refractivity contribution is -0.125. The normalized spacial score (nSPS) is 15.8. The van der Waals surface area contributed by atoms with Crippen molar-refractivity contribution in [1.29, 1.82) is 0 Å². The van der Waals surface area contributed by atoms with E-state index in [-0.39, 0.29) is 11.8 Å². The Labute approximate surface area is 158 Å². The van der Waals surface area contributed by atoms with Gasteiger partial charge in [-0.2, -0.15) is 5.10 Å². The van der Waals surface area contributed by atoms with E-state index in [1.165, 1.54) is 5.56 Å². The van der Waals surface area contributed by atoms with Crippen LogP contribution < -0.4 is 10.1 Å². The minimum Gasteiger partial charge on any atom is -0.491 e. The molecule has 5 heteroatoms. The van der Waals surface area contributed by atoms with Crippen LogP contribution in [0.3, 0.4) is 0 Å². The van der Waals surface area contributed by atoms with E-state index in [2.05, 4.69) is 27.6 Å². The van der Waals surface area contributed by atoms with E-state index in [1.54, 1.807) is 0 Å². The van der Waals surface area contributed by atoms with E-state index in [0.717, 1.165) is 41.8 Å². The quantitative estimate of drug-likeness (QED) is 0.662. The molecule has 5 nitrogen and oxygen atoms in total. The molecule has 138 valence electrons. The number of aromatic nitrogens is 2. The minimum absolute atomic E-state index is 0.00885. The molecule has 2 N–H and O–H groups in total. The molecule has 0 aliphatic heterocycles. The third-order valence-corrected chi connectivity index (χ3v) is 5.02. The van der Waals surface area contributed by atoms with Crippen LogP contribution in [-0.4, -0.2) is 29.3 Å². The fourth-order valence-corrected chi connectivity index (χ4v) is 3.56. The van der Waals surface area contributed by atoms with Gasteiger partial charge < -0.3 is 10.1 Å². The maximum absolute atomic E-state index is 12.4. The molecule has 1 aliphatic rings. The van der Waals surface area contributed by atoms with Gasteiger partial charge in [-0.3, -0.25) is 9.89 Å². The Kier molecular flexibility index (Phi) is 5.19. The predicted octanol–water partition coefficient (Wildman–Crippen LogP) is 3.38. The van der Waals surface area contributed by atoms with E-state index >= 15 is 0 Å². The molecule has 0 saturated carbocycles. The molecule has 0 fully saturated rings. The van der Waals surface area contributed by atoms with Crippen LogP contribution >= 0.6 is 0 Å². The molecular formula is C22H23N3O2. The Morgan fingerprint density at radius 3 is 2.85 bits per heavy atom. The topological polar surface area (TPSA) is 67.0 Å². The van der Waals surface area contributed by atoms with Gasteiger partial charge in [-0.25, -0.2) is 0 Å². The van der Waals surface area contributed by atoms with Crippen molar-refractivity contribution in [3.8, 4) is 16.9 Å². The Hall–Kier alpha value is -3.08. The number of nitrogens with one attached hydrogen (secondary N) is 2. The Morgan fingerprint density at radius 2 is 1.96 bits per heavy atom. The molecule has 1 aromatic heterocycles. The predicted molar refractivity (Wildman–Crippen MR) is 104 cm³/mol. The molecule has 0 radical (unpaired) electrons. The highest BCUT2D eigenvalue weighted by Gasteiger charge is 2.25. The maximum Gasteiger partial charge on any atom is 0.223 e. The number of hydrogen-bond donors (Lipinski definition) is 2. The molecule has 4 rings (SSSR count). The van der Waals surface area contributed by atoms with Gasteiger partial charge >= 0.3 is 0 Å². The SMILES string of the molecule is O=C(NCCOc1ccccc1-c1ccccc1)C1CCc2cn[nH]c2C1. The molecular weight excluding hydrogens is 338 g/mol. The van der Waals surface area contributed by atoms with E-state index in [9.17, 15) is 4.79 Å². The summed E-state index contributed by atoms with van der Waals surface area (Å²) in [5, 5.41) is 10.1. The van der Waals surface area contributed by atoms with Crippen molar-refractivity contribution in [2.75, 3.05) is 13.2 Å². The van der Waals surface area contributed by atoms with Crippen LogP contribution in [0.15, 0.2) is 60.8 Å². The second kappa shape index (κ2) is 8.08. The highest BCUT2D eigenvalue weighted by molar-refractivity contribution is 5.79. The fraction of sp³-hybridized carbons (Fsp3) is 0.273. The zero-order valence-corrected chi connectivity index (χ0v) is 15.2. The Balaban J connectivity index is 1.29. The summed E-state index contributed by atoms with van der Waals surface area (Å²) in [6.07, 6.45) is 4.38. The molecule has 27 heavy (non-hydrogen) atoms. The van der Waals surface area contributed by atoms with Crippen LogP contribution in [0.1, 0.15) is 17.7 Å². The summed E-state index contributed by atoms with van der Waals surface area (Å²) in [5.74, 6) is 0.933. The molecule has 1 unspecified atom stereocenters. The number of benzene rings is 2. The zero-order valence-electron chi connectivity index (χ0n) is 15.2. The Morgan fingerprint density at radius 1 is 1.15 bits per heavy atom. The van der Waals surface area contributed by atoms with Crippen LogP contribution in [-0.2, 0) is 17.6 Å². The van der Waals surface area contributed by atoms with Gasteiger partial charge in [-0.1, -0.05) is 48.5 Å². The lowest BCUT2D eigenvalue weighted by atomic mass is 9.87. The third-order valence-electron chi connectivity index (χ3n) is 5.02. The largest absolute Gasteiger partial charge is 0.491 e. The molecule has 2 aromatic carbocycles. The van der Waals surface area contributed by atoms with Crippen molar-refractivity contribution in [2.24, 2.45) is 5.92 Å². The molecule has 1 amide bonds. The van der Waals surface area contributed by atoms with Crippen molar-refractivity contribution in [3.05, 3.63) is 72.1 Å². The van der Waals surface area contributed by atoms with Gasteiger partial charge in [0.25, 0.3) is 0 Å². The smallest absolute Gasteiger partial charge is 0.223 e.